The Balaban J connectivity index is 1.19. The maximum Gasteiger partial charge on any atom is 0.136 e. The van der Waals surface area contributed by atoms with Crippen molar-refractivity contribution in [3.05, 3.63) is 197 Å². The van der Waals surface area contributed by atoms with Gasteiger partial charge in [-0.15, -0.1) is 0 Å². The summed E-state index contributed by atoms with van der Waals surface area (Å²) in [7, 11) is 0. The van der Waals surface area contributed by atoms with Crippen molar-refractivity contribution >= 4 is 28.0 Å². The second-order valence-corrected chi connectivity index (χ2v) is 14.5. The average molecular weight is 640 g/mol. The van der Waals surface area contributed by atoms with Crippen LogP contribution in [0.25, 0.3) is 44.3 Å². The molecule has 0 N–H and O–H groups in total. The molecule has 0 saturated carbocycles. The zero-order valence-corrected chi connectivity index (χ0v) is 27.9. The first kappa shape index (κ1) is 27.8. The number of benzene rings is 7. The lowest BCUT2D eigenvalue weighted by atomic mass is 9.70. The Bertz CT molecular complexity index is 2650. The zero-order chi connectivity index (χ0) is 33.2. The lowest BCUT2D eigenvalue weighted by Crippen LogP contribution is -2.26. The molecule has 7 aromatic carbocycles. The molecule has 0 aliphatic heterocycles. The van der Waals surface area contributed by atoms with E-state index < -0.39 is 5.41 Å². The largest absolute Gasteiger partial charge is 0.462 e. The van der Waals surface area contributed by atoms with E-state index >= 15 is 0 Å². The fourth-order valence-electron chi connectivity index (χ4n) is 9.62. The molecule has 0 amide bonds. The van der Waals surface area contributed by atoms with Crippen LogP contribution in [0, 0.1) is 0 Å². The average Bonchev–Trinajstić information content (AvgIpc) is 3.87. The summed E-state index contributed by atoms with van der Waals surface area (Å²) in [6, 6.07) is 58.4. The van der Waals surface area contributed by atoms with E-state index in [1.807, 2.05) is 12.3 Å². The van der Waals surface area contributed by atoms with Gasteiger partial charge in [0.2, 0.25) is 0 Å². The number of anilines is 3. The van der Waals surface area contributed by atoms with Crippen molar-refractivity contribution in [1.29, 1.82) is 0 Å². The number of fused-ring (bicyclic) bond motifs is 14. The summed E-state index contributed by atoms with van der Waals surface area (Å²) in [6.45, 7) is 4.70. The third-order valence-electron chi connectivity index (χ3n) is 11.8. The third kappa shape index (κ3) is 3.38. The number of hydrogen-bond donors (Lipinski definition) is 0. The van der Waals surface area contributed by atoms with E-state index in [2.05, 4.69) is 170 Å². The van der Waals surface area contributed by atoms with Crippen LogP contribution in [-0.4, -0.2) is 0 Å². The normalized spacial score (nSPS) is 14.9. The molecule has 0 saturated heterocycles. The highest BCUT2D eigenvalue weighted by Crippen LogP contribution is 2.63. The first-order chi connectivity index (χ1) is 24.6. The smallest absolute Gasteiger partial charge is 0.136 e. The van der Waals surface area contributed by atoms with Crippen LogP contribution in [0.4, 0.5) is 17.1 Å². The summed E-state index contributed by atoms with van der Waals surface area (Å²) >= 11 is 0. The summed E-state index contributed by atoms with van der Waals surface area (Å²) in [5, 5.41) is 1.09. The lowest BCUT2D eigenvalue weighted by molar-refractivity contribution is 0.616. The first-order valence-electron chi connectivity index (χ1n) is 17.5. The van der Waals surface area contributed by atoms with Crippen LogP contribution in [0.5, 0.6) is 0 Å². The van der Waals surface area contributed by atoms with E-state index in [0.717, 1.165) is 28.0 Å². The highest BCUT2D eigenvalue weighted by atomic mass is 16.3. The SMILES string of the molecule is CC1(C)c2ccccc2-c2ccc(N(c3ccc4c(c3)C3(c5ccccc5-c5ccccc53)c3ccccc3-4)c3coc4ccccc34)cc21. The summed E-state index contributed by atoms with van der Waals surface area (Å²) in [6.07, 6.45) is 1.93. The van der Waals surface area contributed by atoms with Crippen LogP contribution in [0.15, 0.2) is 168 Å². The highest BCUT2D eigenvalue weighted by molar-refractivity contribution is 6.00. The molecule has 8 aromatic rings. The molecule has 0 radical (unpaired) electrons. The molecule has 2 heteroatoms. The van der Waals surface area contributed by atoms with E-state index in [1.54, 1.807) is 0 Å². The van der Waals surface area contributed by atoms with Gasteiger partial charge in [0.05, 0.1) is 11.1 Å². The third-order valence-corrected chi connectivity index (χ3v) is 11.8. The van der Waals surface area contributed by atoms with Gasteiger partial charge in [-0.1, -0.05) is 135 Å². The Labute approximate surface area is 291 Å². The summed E-state index contributed by atoms with van der Waals surface area (Å²) in [5.74, 6) is 0. The number of nitrogens with zero attached hydrogens (tertiary/aromatic N) is 1. The number of furan rings is 1. The van der Waals surface area contributed by atoms with Crippen LogP contribution in [0.2, 0.25) is 0 Å². The van der Waals surface area contributed by atoms with Crippen molar-refractivity contribution in [2.24, 2.45) is 0 Å². The molecule has 2 nitrogen and oxygen atoms in total. The Morgan fingerprint density at radius 3 is 1.46 bits per heavy atom. The van der Waals surface area contributed by atoms with Crippen molar-refractivity contribution in [1.82, 2.24) is 0 Å². The van der Waals surface area contributed by atoms with E-state index in [1.165, 1.54) is 66.8 Å². The first-order valence-corrected chi connectivity index (χ1v) is 17.5. The molecule has 1 heterocycles. The van der Waals surface area contributed by atoms with Gasteiger partial charge < -0.3 is 9.32 Å². The summed E-state index contributed by atoms with van der Waals surface area (Å²) in [5.41, 5.74) is 19.6. The molecule has 1 aromatic heterocycles. The molecule has 11 rings (SSSR count). The second kappa shape index (κ2) is 9.74. The molecular formula is C48H33NO. The van der Waals surface area contributed by atoms with Gasteiger partial charge in [-0.05, 0) is 103 Å². The topological polar surface area (TPSA) is 16.4 Å². The molecule has 3 aliphatic rings. The van der Waals surface area contributed by atoms with Gasteiger partial charge in [0.1, 0.15) is 11.8 Å². The molecule has 3 aliphatic carbocycles. The Morgan fingerprint density at radius 1 is 0.420 bits per heavy atom. The lowest BCUT2D eigenvalue weighted by Gasteiger charge is -2.32. The maximum absolute atomic E-state index is 6.25. The number of hydrogen-bond acceptors (Lipinski definition) is 2. The predicted octanol–water partition coefficient (Wildman–Crippen LogP) is 12.6. The van der Waals surface area contributed by atoms with Crippen LogP contribution < -0.4 is 4.90 Å². The van der Waals surface area contributed by atoms with Gasteiger partial charge in [0, 0.05) is 22.2 Å². The molecular weight excluding hydrogens is 607 g/mol. The molecule has 50 heavy (non-hydrogen) atoms. The van der Waals surface area contributed by atoms with Crippen molar-refractivity contribution in [3.63, 3.8) is 0 Å². The Morgan fingerprint density at radius 2 is 0.860 bits per heavy atom. The van der Waals surface area contributed by atoms with Gasteiger partial charge in [-0.3, -0.25) is 0 Å². The minimum absolute atomic E-state index is 0.118. The number of para-hydroxylation sites is 1. The molecule has 1 spiro atoms. The van der Waals surface area contributed by atoms with Crippen LogP contribution >= 0.6 is 0 Å². The molecule has 0 fully saturated rings. The summed E-state index contributed by atoms with van der Waals surface area (Å²) < 4.78 is 6.25. The predicted molar refractivity (Wildman–Crippen MR) is 205 cm³/mol. The van der Waals surface area contributed by atoms with E-state index in [0.29, 0.717) is 0 Å². The van der Waals surface area contributed by atoms with Crippen molar-refractivity contribution in [3.8, 4) is 33.4 Å². The Hall–Kier alpha value is -6.12. The van der Waals surface area contributed by atoms with Crippen LogP contribution in [0.3, 0.4) is 0 Å². The standard InChI is InChI=1S/C48H33NO/c1-47(2)39-18-8-3-13-32(39)36-25-23-30(27-43(36)47)49(45-29-50-46-22-12-7-17-38(45)46)31-24-26-37-35-16-6-11-21-42(35)48(44(37)28-31)40-19-9-4-14-33(40)34-15-5-10-20-41(34)48/h3-29H,1-2H3. The van der Waals surface area contributed by atoms with Gasteiger partial charge in [-0.2, -0.15) is 0 Å². The van der Waals surface area contributed by atoms with Gasteiger partial charge in [-0.25, -0.2) is 0 Å². The van der Waals surface area contributed by atoms with Crippen LogP contribution in [-0.2, 0) is 10.8 Å². The van der Waals surface area contributed by atoms with Gasteiger partial charge in [0.15, 0.2) is 0 Å². The fourth-order valence-corrected chi connectivity index (χ4v) is 9.62. The second-order valence-electron chi connectivity index (χ2n) is 14.5. The van der Waals surface area contributed by atoms with E-state index in [9.17, 15) is 0 Å². The quantitative estimate of drug-likeness (QED) is 0.191. The van der Waals surface area contributed by atoms with Crippen molar-refractivity contribution < 1.29 is 4.42 Å². The molecule has 0 atom stereocenters. The van der Waals surface area contributed by atoms with Gasteiger partial charge >= 0.3 is 0 Å². The maximum atomic E-state index is 6.25. The minimum Gasteiger partial charge on any atom is -0.462 e. The highest BCUT2D eigenvalue weighted by Gasteiger charge is 2.51. The molecule has 236 valence electrons. The minimum atomic E-state index is -0.416. The van der Waals surface area contributed by atoms with Crippen LogP contribution in [0.1, 0.15) is 47.2 Å². The molecule has 0 unspecified atom stereocenters. The monoisotopic (exact) mass is 639 g/mol. The van der Waals surface area contributed by atoms with E-state index in [4.69, 9.17) is 4.42 Å². The Kier molecular flexibility index (Phi) is 5.41. The van der Waals surface area contributed by atoms with Crippen molar-refractivity contribution in [2.45, 2.75) is 24.7 Å². The van der Waals surface area contributed by atoms with Gasteiger partial charge in [0.25, 0.3) is 0 Å². The zero-order valence-electron chi connectivity index (χ0n) is 27.9. The number of rotatable bonds is 3. The van der Waals surface area contributed by atoms with E-state index in [-0.39, 0.29) is 5.41 Å². The summed E-state index contributed by atoms with van der Waals surface area (Å²) in [4.78, 5) is 2.41. The van der Waals surface area contributed by atoms with Crippen molar-refractivity contribution in [2.75, 3.05) is 4.90 Å². The molecule has 0 bridgehead atoms. The fraction of sp³-hybridized carbons (Fsp3) is 0.0833.